The molecule has 4 aliphatic rings. The van der Waals surface area contributed by atoms with Crippen molar-refractivity contribution in [1.82, 2.24) is 0 Å². The van der Waals surface area contributed by atoms with Gasteiger partial charge in [-0.2, -0.15) is 0 Å². The maximum atomic E-state index is 12.2. The molecule has 3 heterocycles. The minimum Gasteiger partial charge on any atom is -0.357 e. The third-order valence-corrected chi connectivity index (χ3v) is 7.82. The van der Waals surface area contributed by atoms with Crippen molar-refractivity contribution in [2.45, 2.75) is 51.0 Å². The number of fused-ring (bicyclic) bond motifs is 2. The molecule has 4 atom stereocenters. The summed E-state index contributed by atoms with van der Waals surface area (Å²) in [6.45, 7) is 8.12. The van der Waals surface area contributed by atoms with Gasteiger partial charge in [-0.3, -0.25) is 4.79 Å². The fraction of sp³-hybridized carbons (Fsp3) is 0.522. The molecule has 0 saturated carbocycles. The normalized spacial score (nSPS) is 38.2. The first-order valence-electron chi connectivity index (χ1n) is 10.3. The zero-order chi connectivity index (χ0) is 17.9. The van der Waals surface area contributed by atoms with Crippen LogP contribution in [0.25, 0.3) is 0 Å². The molecule has 0 aromatic heterocycles. The Morgan fingerprint density at radius 1 is 1.35 bits per heavy atom. The monoisotopic (exact) mass is 349 g/mol. The molecule has 2 saturated heterocycles. The number of hydrogen-bond acceptors (Lipinski definition) is 2. The number of hydrogen-bond donors (Lipinski definition) is 1. The Balaban J connectivity index is 1.76. The summed E-state index contributed by atoms with van der Waals surface area (Å²) in [4.78, 5) is 12.2. The lowest BCUT2D eigenvalue weighted by Crippen LogP contribution is -2.63. The van der Waals surface area contributed by atoms with Crippen molar-refractivity contribution in [2.24, 2.45) is 5.92 Å². The lowest BCUT2D eigenvalue weighted by atomic mass is 9.61. The van der Waals surface area contributed by atoms with E-state index in [4.69, 9.17) is 0 Å². The summed E-state index contributed by atoms with van der Waals surface area (Å²) >= 11 is 0. The number of carbonyl (C=O) groups excluding carboxylic acids is 1. The van der Waals surface area contributed by atoms with E-state index in [-0.39, 0.29) is 5.41 Å². The van der Waals surface area contributed by atoms with Crippen molar-refractivity contribution >= 4 is 12.0 Å². The first-order valence-corrected chi connectivity index (χ1v) is 10.3. The lowest BCUT2D eigenvalue weighted by molar-refractivity contribution is -0.941. The van der Waals surface area contributed by atoms with Crippen LogP contribution >= 0.6 is 0 Å². The SMILES string of the molecule is C/C=C1/C[N@@+]2(CCCC)CC[C@]34C(=C(C=O)[C@H]1C[C@@H]32)Nc1ccccc14. The van der Waals surface area contributed by atoms with Crippen LogP contribution in [0.15, 0.2) is 47.2 Å². The highest BCUT2D eigenvalue weighted by molar-refractivity contribution is 5.84. The summed E-state index contributed by atoms with van der Waals surface area (Å²) in [5.74, 6) is 0.318. The molecule has 2 fully saturated rings. The van der Waals surface area contributed by atoms with Gasteiger partial charge >= 0.3 is 0 Å². The summed E-state index contributed by atoms with van der Waals surface area (Å²) in [5, 5.41) is 3.71. The smallest absolute Gasteiger partial charge is 0.148 e. The first kappa shape index (κ1) is 16.3. The lowest BCUT2D eigenvalue weighted by Gasteiger charge is -2.53. The molecule has 0 amide bonds. The number of benzene rings is 1. The minimum absolute atomic E-state index is 0.0380. The Kier molecular flexibility index (Phi) is 3.49. The van der Waals surface area contributed by atoms with E-state index in [1.807, 2.05) is 0 Å². The number of piperidine rings is 1. The summed E-state index contributed by atoms with van der Waals surface area (Å²) in [5.41, 5.74) is 6.47. The van der Waals surface area contributed by atoms with Crippen LogP contribution in [0.4, 0.5) is 5.69 Å². The molecule has 1 N–H and O–H groups in total. The second-order valence-corrected chi connectivity index (χ2v) is 8.69. The van der Waals surface area contributed by atoms with E-state index in [9.17, 15) is 4.79 Å². The number of nitrogens with one attached hydrogen (secondary N) is 1. The van der Waals surface area contributed by atoms with Gasteiger partial charge in [-0.05, 0) is 30.5 Å². The third kappa shape index (κ3) is 1.80. The predicted molar refractivity (Wildman–Crippen MR) is 105 cm³/mol. The molecule has 5 rings (SSSR count). The van der Waals surface area contributed by atoms with Gasteiger partial charge in [0.2, 0.25) is 0 Å². The Morgan fingerprint density at radius 2 is 2.19 bits per heavy atom. The maximum absolute atomic E-state index is 12.2. The van der Waals surface area contributed by atoms with E-state index in [2.05, 4.69) is 49.5 Å². The van der Waals surface area contributed by atoms with Gasteiger partial charge in [0, 0.05) is 35.7 Å². The van der Waals surface area contributed by atoms with Crippen molar-refractivity contribution in [3.8, 4) is 0 Å². The summed E-state index contributed by atoms with van der Waals surface area (Å²) in [6, 6.07) is 9.39. The van der Waals surface area contributed by atoms with Crippen LogP contribution in [0, 0.1) is 5.92 Å². The van der Waals surface area contributed by atoms with Crippen LogP contribution in [0.2, 0.25) is 0 Å². The molecule has 2 bridgehead atoms. The van der Waals surface area contributed by atoms with E-state index in [1.165, 1.54) is 59.4 Å². The van der Waals surface area contributed by atoms with Crippen LogP contribution in [0.1, 0.15) is 45.1 Å². The van der Waals surface area contributed by atoms with E-state index in [1.54, 1.807) is 0 Å². The van der Waals surface area contributed by atoms with Gasteiger partial charge in [0.1, 0.15) is 18.9 Å². The largest absolute Gasteiger partial charge is 0.357 e. The van der Waals surface area contributed by atoms with Crippen molar-refractivity contribution in [2.75, 3.05) is 25.0 Å². The highest BCUT2D eigenvalue weighted by Gasteiger charge is 2.68. The first-order chi connectivity index (χ1) is 12.7. The molecule has 0 radical (unpaired) electrons. The summed E-state index contributed by atoms with van der Waals surface area (Å²) in [7, 11) is 0. The molecule has 1 aromatic rings. The Labute approximate surface area is 156 Å². The molecular weight excluding hydrogens is 320 g/mol. The topological polar surface area (TPSA) is 29.1 Å². The quantitative estimate of drug-likeness (QED) is 0.502. The highest BCUT2D eigenvalue weighted by atomic mass is 16.1. The summed E-state index contributed by atoms with van der Waals surface area (Å²) < 4.78 is 1.23. The Morgan fingerprint density at radius 3 is 2.96 bits per heavy atom. The molecule has 136 valence electrons. The number of anilines is 1. The number of allylic oxidation sites excluding steroid dienone is 2. The standard InChI is InChI=1S/C23H28N2O/c1-3-5-11-25-12-10-23-19-8-6-7-9-20(19)24-22(23)18(15-26)17(13-21(23)25)16(4-2)14-25/h4,6-9,15,17,21H,3,5,10-14H2,1-2H3/p+1/b16-4-/t17-,21-,23+,25+/m0/s1. The van der Waals surface area contributed by atoms with Gasteiger partial charge in [-0.1, -0.05) is 37.6 Å². The third-order valence-electron chi connectivity index (χ3n) is 7.82. The molecule has 3 nitrogen and oxygen atoms in total. The second kappa shape index (κ2) is 5.56. The predicted octanol–water partition coefficient (Wildman–Crippen LogP) is 4.17. The molecule has 1 aromatic carbocycles. The van der Waals surface area contributed by atoms with Crippen LogP contribution in [-0.4, -0.2) is 36.4 Å². The zero-order valence-corrected chi connectivity index (χ0v) is 15.9. The number of rotatable bonds is 4. The van der Waals surface area contributed by atoms with Crippen molar-refractivity contribution in [3.05, 3.63) is 52.7 Å². The fourth-order valence-corrected chi connectivity index (χ4v) is 6.70. The second-order valence-electron chi connectivity index (χ2n) is 8.69. The number of nitrogens with zero attached hydrogens (tertiary/aromatic N) is 1. The number of para-hydroxylation sites is 1. The number of quaternary nitrogens is 1. The molecule has 3 aliphatic heterocycles. The molecule has 26 heavy (non-hydrogen) atoms. The molecular formula is C23H29N2O+. The Bertz CT molecular complexity index is 838. The number of unbranched alkanes of at least 4 members (excludes halogenated alkanes) is 1. The van der Waals surface area contributed by atoms with Crippen LogP contribution in [0.3, 0.4) is 0 Å². The van der Waals surface area contributed by atoms with Crippen molar-refractivity contribution < 1.29 is 9.28 Å². The van der Waals surface area contributed by atoms with Crippen molar-refractivity contribution in [3.63, 3.8) is 0 Å². The minimum atomic E-state index is 0.0380. The van der Waals surface area contributed by atoms with Gasteiger partial charge in [0.25, 0.3) is 0 Å². The van der Waals surface area contributed by atoms with E-state index >= 15 is 0 Å². The maximum Gasteiger partial charge on any atom is 0.148 e. The van der Waals surface area contributed by atoms with Gasteiger partial charge in [-0.25, -0.2) is 0 Å². The number of carbonyl (C=O) groups is 1. The van der Waals surface area contributed by atoms with Gasteiger partial charge in [-0.15, -0.1) is 0 Å². The number of aldehydes is 1. The van der Waals surface area contributed by atoms with Gasteiger partial charge in [0.15, 0.2) is 0 Å². The van der Waals surface area contributed by atoms with E-state index in [0.29, 0.717) is 12.0 Å². The highest BCUT2D eigenvalue weighted by Crippen LogP contribution is 2.63. The van der Waals surface area contributed by atoms with E-state index in [0.717, 1.165) is 24.8 Å². The van der Waals surface area contributed by atoms with Crippen LogP contribution in [-0.2, 0) is 10.2 Å². The van der Waals surface area contributed by atoms with Crippen LogP contribution < -0.4 is 5.32 Å². The van der Waals surface area contributed by atoms with E-state index < -0.39 is 0 Å². The van der Waals surface area contributed by atoms with Gasteiger partial charge in [0.05, 0.1) is 18.5 Å². The molecule has 1 spiro atoms. The zero-order valence-electron chi connectivity index (χ0n) is 15.9. The molecule has 3 heteroatoms. The van der Waals surface area contributed by atoms with Gasteiger partial charge < -0.3 is 9.80 Å². The summed E-state index contributed by atoms with van der Waals surface area (Å²) in [6.07, 6.45) is 8.31. The average molecular weight is 349 g/mol. The van der Waals surface area contributed by atoms with Crippen LogP contribution in [0.5, 0.6) is 0 Å². The molecule has 1 aliphatic carbocycles. The average Bonchev–Trinajstić information content (AvgIpc) is 3.20. The molecule has 0 unspecified atom stereocenters. The Hall–Kier alpha value is -1.87. The van der Waals surface area contributed by atoms with Crippen molar-refractivity contribution in [1.29, 1.82) is 0 Å². The fourth-order valence-electron chi connectivity index (χ4n) is 6.70.